The lowest BCUT2D eigenvalue weighted by molar-refractivity contribution is 0.0697. The number of amides is 1. The predicted octanol–water partition coefficient (Wildman–Crippen LogP) is 5.68. The molecule has 3 heterocycles. The van der Waals surface area contributed by atoms with E-state index >= 15 is 0 Å². The zero-order valence-corrected chi connectivity index (χ0v) is 19.7. The number of imidazole rings is 1. The molecule has 35 heavy (non-hydrogen) atoms. The molecule has 2 aromatic heterocycles. The van der Waals surface area contributed by atoms with E-state index in [2.05, 4.69) is 4.98 Å². The fourth-order valence-corrected chi connectivity index (χ4v) is 5.33. The Kier molecular flexibility index (Phi) is 5.38. The summed E-state index contributed by atoms with van der Waals surface area (Å²) in [5, 5.41) is 1.42. The van der Waals surface area contributed by atoms with Gasteiger partial charge in [0.15, 0.2) is 0 Å². The smallest absolute Gasteiger partial charge is 0.326 e. The van der Waals surface area contributed by atoms with Gasteiger partial charge in [-0.2, -0.15) is 0 Å². The minimum Gasteiger partial charge on any atom is -0.338 e. The van der Waals surface area contributed by atoms with Crippen LogP contribution in [0, 0.1) is 0 Å². The van der Waals surface area contributed by atoms with Crippen molar-refractivity contribution in [3.8, 4) is 11.3 Å². The third-order valence-electron chi connectivity index (χ3n) is 6.84. The molecule has 0 aliphatic carbocycles. The maximum atomic E-state index is 13.7. The maximum Gasteiger partial charge on any atom is 0.326 e. The van der Waals surface area contributed by atoms with Crippen LogP contribution in [0.3, 0.4) is 0 Å². The lowest BCUT2D eigenvalue weighted by atomic mass is 10.00. The van der Waals surface area contributed by atoms with Gasteiger partial charge in [-0.25, -0.2) is 9.78 Å². The van der Waals surface area contributed by atoms with Crippen molar-refractivity contribution in [2.45, 2.75) is 18.9 Å². The number of halogens is 1. The fraction of sp³-hybridized carbons (Fsp3) is 0.179. The molecule has 0 spiro atoms. The van der Waals surface area contributed by atoms with E-state index in [0.717, 1.165) is 27.5 Å². The van der Waals surface area contributed by atoms with E-state index in [9.17, 15) is 9.59 Å². The van der Waals surface area contributed by atoms with E-state index in [1.54, 1.807) is 0 Å². The van der Waals surface area contributed by atoms with Gasteiger partial charge >= 0.3 is 5.69 Å². The molecule has 6 rings (SSSR count). The fourth-order valence-electron chi connectivity index (χ4n) is 5.09. The second-order valence-electron chi connectivity index (χ2n) is 8.89. The summed E-state index contributed by atoms with van der Waals surface area (Å²) in [5.41, 5.74) is 4.50. The van der Waals surface area contributed by atoms with E-state index in [-0.39, 0.29) is 17.6 Å². The number of aromatic amines is 1. The lowest BCUT2D eigenvalue weighted by Gasteiger charge is -2.33. The van der Waals surface area contributed by atoms with Crippen LogP contribution in [-0.2, 0) is 0 Å². The first-order chi connectivity index (χ1) is 17.1. The summed E-state index contributed by atoms with van der Waals surface area (Å²) >= 11 is 6.44. The molecule has 0 atom stereocenters. The monoisotopic (exact) mass is 482 g/mol. The minimum absolute atomic E-state index is 0.0263. The van der Waals surface area contributed by atoms with Gasteiger partial charge in [-0.15, -0.1) is 0 Å². The third kappa shape index (κ3) is 3.80. The van der Waals surface area contributed by atoms with E-state index in [1.165, 1.54) is 0 Å². The zero-order valence-electron chi connectivity index (χ0n) is 18.9. The van der Waals surface area contributed by atoms with E-state index in [0.29, 0.717) is 42.2 Å². The Morgan fingerprint density at radius 1 is 0.943 bits per heavy atom. The topological polar surface area (TPSA) is 71.0 Å². The van der Waals surface area contributed by atoms with Crippen LogP contribution < -0.4 is 5.69 Å². The highest BCUT2D eigenvalue weighted by Crippen LogP contribution is 2.31. The summed E-state index contributed by atoms with van der Waals surface area (Å²) in [6.45, 7) is 1.15. The molecule has 1 N–H and O–H groups in total. The third-order valence-corrected chi connectivity index (χ3v) is 7.17. The number of carbonyl (C=O) groups excluding carboxylic acids is 1. The maximum absolute atomic E-state index is 13.7. The number of nitrogens with zero attached hydrogens (tertiary/aromatic N) is 3. The van der Waals surface area contributed by atoms with Crippen LogP contribution in [0.25, 0.3) is 33.2 Å². The van der Waals surface area contributed by atoms with Crippen molar-refractivity contribution in [1.29, 1.82) is 0 Å². The molecule has 0 bridgehead atoms. The standard InChI is InChI=1S/C28H23ClN4O2/c29-22-9-3-1-8-20(22)25-17-21(19-7-2-4-10-23(19)30-25)27(34)32-15-13-18(14-16-32)33-26-12-6-5-11-24(26)31-28(33)35/h1-12,17-18H,13-16H2,(H,31,35). The number of nitrogens with one attached hydrogen (secondary N) is 1. The first-order valence-electron chi connectivity index (χ1n) is 11.7. The molecule has 1 saturated heterocycles. The Labute approximate surface area is 206 Å². The molecule has 3 aromatic carbocycles. The molecule has 0 radical (unpaired) electrons. The molecular weight excluding hydrogens is 460 g/mol. The van der Waals surface area contributed by atoms with Gasteiger partial charge in [0.2, 0.25) is 0 Å². The molecule has 5 aromatic rings. The summed E-state index contributed by atoms with van der Waals surface area (Å²) in [6, 6.07) is 24.9. The SMILES string of the molecule is O=C(c1cc(-c2ccccc2Cl)nc2ccccc12)N1CCC(n2c(=O)[nH]c3ccccc32)CC1. The van der Waals surface area contributed by atoms with Crippen LogP contribution in [0.2, 0.25) is 5.02 Å². The van der Waals surface area contributed by atoms with E-state index in [4.69, 9.17) is 16.6 Å². The number of aromatic nitrogens is 3. The number of benzene rings is 3. The molecule has 1 fully saturated rings. The average molecular weight is 483 g/mol. The number of rotatable bonds is 3. The highest BCUT2D eigenvalue weighted by molar-refractivity contribution is 6.33. The molecule has 1 aliphatic heterocycles. The summed E-state index contributed by atoms with van der Waals surface area (Å²) in [5.74, 6) is -0.0263. The zero-order chi connectivity index (χ0) is 23.9. The molecule has 1 amide bonds. The molecule has 6 nitrogen and oxygen atoms in total. The number of para-hydroxylation sites is 3. The van der Waals surface area contributed by atoms with Crippen molar-refractivity contribution in [1.82, 2.24) is 19.4 Å². The van der Waals surface area contributed by atoms with Gasteiger partial charge in [-0.3, -0.25) is 9.36 Å². The number of H-pyrrole nitrogens is 1. The minimum atomic E-state index is -0.0968. The van der Waals surface area contributed by atoms with Crippen LogP contribution in [0.5, 0.6) is 0 Å². The number of piperidine rings is 1. The number of likely N-dealkylation sites (tertiary alicyclic amines) is 1. The van der Waals surface area contributed by atoms with Crippen molar-refractivity contribution in [3.63, 3.8) is 0 Å². The average Bonchev–Trinajstić information content (AvgIpc) is 3.23. The molecular formula is C28H23ClN4O2. The van der Waals surface area contributed by atoms with Gasteiger partial charge < -0.3 is 9.88 Å². The Balaban J connectivity index is 1.32. The van der Waals surface area contributed by atoms with Crippen molar-refractivity contribution in [2.75, 3.05) is 13.1 Å². The number of fused-ring (bicyclic) bond motifs is 2. The largest absolute Gasteiger partial charge is 0.338 e. The van der Waals surface area contributed by atoms with Gasteiger partial charge in [0, 0.05) is 35.1 Å². The number of hydrogen-bond donors (Lipinski definition) is 1. The van der Waals surface area contributed by atoms with Crippen molar-refractivity contribution < 1.29 is 4.79 Å². The Hall–Kier alpha value is -3.90. The molecule has 0 unspecified atom stereocenters. The molecule has 7 heteroatoms. The second kappa shape index (κ2) is 8.71. The van der Waals surface area contributed by atoms with Crippen LogP contribution in [-0.4, -0.2) is 38.4 Å². The van der Waals surface area contributed by atoms with Gasteiger partial charge in [-0.05, 0) is 43.2 Å². The van der Waals surface area contributed by atoms with Crippen molar-refractivity contribution >= 4 is 39.4 Å². The van der Waals surface area contributed by atoms with Crippen LogP contribution in [0.1, 0.15) is 29.2 Å². The highest BCUT2D eigenvalue weighted by atomic mass is 35.5. The number of carbonyl (C=O) groups is 1. The first-order valence-corrected chi connectivity index (χ1v) is 12.1. The Morgan fingerprint density at radius 2 is 1.66 bits per heavy atom. The number of hydrogen-bond acceptors (Lipinski definition) is 3. The van der Waals surface area contributed by atoms with Crippen LogP contribution in [0.4, 0.5) is 0 Å². The predicted molar refractivity (Wildman–Crippen MR) is 139 cm³/mol. The van der Waals surface area contributed by atoms with Crippen LogP contribution in [0.15, 0.2) is 83.7 Å². The Bertz CT molecular complexity index is 1630. The highest BCUT2D eigenvalue weighted by Gasteiger charge is 2.28. The van der Waals surface area contributed by atoms with Gasteiger partial charge in [0.1, 0.15) is 0 Å². The summed E-state index contributed by atoms with van der Waals surface area (Å²) in [7, 11) is 0. The van der Waals surface area contributed by atoms with E-state index < -0.39 is 0 Å². The van der Waals surface area contributed by atoms with Gasteiger partial charge in [0.25, 0.3) is 5.91 Å². The summed E-state index contributed by atoms with van der Waals surface area (Å²) < 4.78 is 1.84. The van der Waals surface area contributed by atoms with Gasteiger partial charge in [0.05, 0.1) is 27.8 Å². The molecule has 0 saturated carbocycles. The second-order valence-corrected chi connectivity index (χ2v) is 9.30. The normalized spacial score (nSPS) is 14.6. The quantitative estimate of drug-likeness (QED) is 0.360. The first kappa shape index (κ1) is 21.6. The number of pyridine rings is 1. The van der Waals surface area contributed by atoms with Crippen molar-refractivity contribution in [3.05, 3.63) is 99.9 Å². The molecule has 174 valence electrons. The summed E-state index contributed by atoms with van der Waals surface area (Å²) in [6.07, 6.45) is 1.43. The lowest BCUT2D eigenvalue weighted by Crippen LogP contribution is -2.40. The molecule has 1 aliphatic rings. The van der Waals surface area contributed by atoms with Crippen molar-refractivity contribution in [2.24, 2.45) is 0 Å². The summed E-state index contributed by atoms with van der Waals surface area (Å²) in [4.78, 5) is 36.0. The van der Waals surface area contributed by atoms with Crippen LogP contribution >= 0.6 is 11.6 Å². The Morgan fingerprint density at radius 3 is 2.49 bits per heavy atom. The van der Waals surface area contributed by atoms with Gasteiger partial charge in [-0.1, -0.05) is 60.1 Å². The van der Waals surface area contributed by atoms with E-state index in [1.807, 2.05) is 88.3 Å².